The molecule has 1 aromatic rings. The van der Waals surface area contributed by atoms with Crippen LogP contribution in [0.3, 0.4) is 0 Å². The van der Waals surface area contributed by atoms with E-state index in [0.29, 0.717) is 24.2 Å². The molecule has 0 aromatic carbocycles. The number of anilines is 2. The first-order valence-corrected chi connectivity index (χ1v) is 6.58. The summed E-state index contributed by atoms with van der Waals surface area (Å²) in [6.45, 7) is 5.00. The van der Waals surface area contributed by atoms with Crippen molar-refractivity contribution in [3.8, 4) is 0 Å². The lowest BCUT2D eigenvalue weighted by Crippen LogP contribution is -2.27. The number of ether oxygens (including phenoxy) is 1. The van der Waals surface area contributed by atoms with Crippen molar-refractivity contribution >= 4 is 17.5 Å². The maximum atomic E-state index is 11.2. The topological polar surface area (TPSA) is 102 Å². The maximum absolute atomic E-state index is 11.2. The molecule has 2 unspecified atom stereocenters. The average molecular weight is 281 g/mol. The predicted octanol–water partition coefficient (Wildman–Crippen LogP) is 1.57. The molecule has 2 atom stereocenters. The van der Waals surface area contributed by atoms with Crippen molar-refractivity contribution in [3.63, 3.8) is 0 Å². The number of rotatable bonds is 5. The number of nitrogens with one attached hydrogen (secondary N) is 2. The summed E-state index contributed by atoms with van der Waals surface area (Å²) in [6, 6.07) is 0.0511. The van der Waals surface area contributed by atoms with Gasteiger partial charge in [-0.2, -0.15) is 4.98 Å². The van der Waals surface area contributed by atoms with E-state index in [1.54, 1.807) is 14.0 Å². The van der Waals surface area contributed by atoms with E-state index >= 15 is 0 Å². The van der Waals surface area contributed by atoms with Gasteiger partial charge in [0.2, 0.25) is 11.8 Å². The molecule has 2 heterocycles. The predicted molar refractivity (Wildman–Crippen MR) is 75.0 cm³/mol. The zero-order valence-corrected chi connectivity index (χ0v) is 11.8. The van der Waals surface area contributed by atoms with Crippen LogP contribution in [0, 0.1) is 23.0 Å². The van der Waals surface area contributed by atoms with Crippen molar-refractivity contribution in [2.24, 2.45) is 5.92 Å². The standard InChI is InChI=1S/C12H19N5O3/c1-7(9-4-5-20-6-9)14-11-10(17(18)19)8(2)15-12(13-3)16-11/h7,9H,4-6H2,1-3H3,(H2,13,14,15,16). The number of hydrogen-bond donors (Lipinski definition) is 2. The molecule has 1 fully saturated rings. The van der Waals surface area contributed by atoms with Crippen LogP contribution in [0.1, 0.15) is 19.0 Å². The van der Waals surface area contributed by atoms with Gasteiger partial charge >= 0.3 is 5.69 Å². The highest BCUT2D eigenvalue weighted by atomic mass is 16.6. The smallest absolute Gasteiger partial charge is 0.332 e. The van der Waals surface area contributed by atoms with Crippen LogP contribution in [-0.2, 0) is 4.74 Å². The molecule has 0 radical (unpaired) electrons. The van der Waals surface area contributed by atoms with Gasteiger partial charge in [-0.15, -0.1) is 0 Å². The molecule has 0 bridgehead atoms. The molecule has 20 heavy (non-hydrogen) atoms. The van der Waals surface area contributed by atoms with Crippen molar-refractivity contribution < 1.29 is 9.66 Å². The van der Waals surface area contributed by atoms with Gasteiger partial charge in [-0.1, -0.05) is 0 Å². The Bertz CT molecular complexity index is 502. The molecule has 110 valence electrons. The van der Waals surface area contributed by atoms with Crippen LogP contribution >= 0.6 is 0 Å². The molecule has 1 aromatic heterocycles. The molecule has 1 aliphatic rings. The zero-order chi connectivity index (χ0) is 14.7. The minimum Gasteiger partial charge on any atom is -0.381 e. The van der Waals surface area contributed by atoms with Crippen LogP contribution in [0.5, 0.6) is 0 Å². The van der Waals surface area contributed by atoms with Crippen molar-refractivity contribution in [1.82, 2.24) is 9.97 Å². The Morgan fingerprint density at radius 2 is 2.25 bits per heavy atom. The molecule has 8 nitrogen and oxygen atoms in total. The second-order valence-electron chi connectivity index (χ2n) is 4.89. The number of nitro groups is 1. The number of aryl methyl sites for hydroxylation is 1. The minimum atomic E-state index is -0.449. The molecule has 8 heteroatoms. The molecule has 1 saturated heterocycles. The fraction of sp³-hybridized carbons (Fsp3) is 0.667. The van der Waals surface area contributed by atoms with Crippen molar-refractivity contribution in [1.29, 1.82) is 0 Å². The number of aromatic nitrogens is 2. The Kier molecular flexibility index (Phi) is 4.33. The summed E-state index contributed by atoms with van der Waals surface area (Å²) in [5, 5.41) is 17.1. The summed E-state index contributed by atoms with van der Waals surface area (Å²) < 4.78 is 5.34. The van der Waals surface area contributed by atoms with E-state index in [0.717, 1.165) is 13.0 Å². The largest absolute Gasteiger partial charge is 0.381 e. The summed E-state index contributed by atoms with van der Waals surface area (Å²) >= 11 is 0. The van der Waals surface area contributed by atoms with Crippen LogP contribution in [-0.4, -0.2) is 41.2 Å². The molecular formula is C12H19N5O3. The molecular weight excluding hydrogens is 262 g/mol. The Hall–Kier alpha value is -1.96. The summed E-state index contributed by atoms with van der Waals surface area (Å²) in [7, 11) is 1.68. The van der Waals surface area contributed by atoms with Crippen molar-refractivity contribution in [2.45, 2.75) is 26.3 Å². The van der Waals surface area contributed by atoms with Crippen molar-refractivity contribution in [2.75, 3.05) is 30.9 Å². The molecule has 0 amide bonds. The lowest BCUT2D eigenvalue weighted by molar-refractivity contribution is -0.385. The fourth-order valence-electron chi connectivity index (χ4n) is 2.28. The third-order valence-electron chi connectivity index (χ3n) is 3.50. The van der Waals surface area contributed by atoms with E-state index in [2.05, 4.69) is 20.6 Å². The van der Waals surface area contributed by atoms with E-state index in [1.807, 2.05) is 6.92 Å². The Balaban J connectivity index is 2.28. The quantitative estimate of drug-likeness (QED) is 0.623. The lowest BCUT2D eigenvalue weighted by Gasteiger charge is -2.20. The van der Waals surface area contributed by atoms with Crippen LogP contribution in [0.25, 0.3) is 0 Å². The van der Waals surface area contributed by atoms with E-state index in [4.69, 9.17) is 4.74 Å². The second kappa shape index (κ2) is 6.00. The summed E-state index contributed by atoms with van der Waals surface area (Å²) in [5.41, 5.74) is 0.265. The van der Waals surface area contributed by atoms with Gasteiger partial charge in [0.15, 0.2) is 0 Å². The highest BCUT2D eigenvalue weighted by Gasteiger charge is 2.27. The summed E-state index contributed by atoms with van der Waals surface area (Å²) in [4.78, 5) is 19.0. The monoisotopic (exact) mass is 281 g/mol. The first kappa shape index (κ1) is 14.4. The maximum Gasteiger partial charge on any atom is 0.332 e. The highest BCUT2D eigenvalue weighted by molar-refractivity contribution is 5.61. The summed E-state index contributed by atoms with van der Waals surface area (Å²) in [6.07, 6.45) is 0.949. The lowest BCUT2D eigenvalue weighted by atomic mass is 10.0. The van der Waals surface area contributed by atoms with Gasteiger partial charge in [0.25, 0.3) is 0 Å². The van der Waals surface area contributed by atoms with Crippen LogP contribution in [0.2, 0.25) is 0 Å². The minimum absolute atomic E-state index is 0.0511. The Morgan fingerprint density at radius 3 is 2.80 bits per heavy atom. The third-order valence-corrected chi connectivity index (χ3v) is 3.50. The molecule has 0 saturated carbocycles. The van der Waals surface area contributed by atoms with Gasteiger partial charge in [0.05, 0.1) is 11.5 Å². The molecule has 1 aliphatic heterocycles. The first-order chi connectivity index (χ1) is 9.52. The molecule has 0 aliphatic carbocycles. The van der Waals surface area contributed by atoms with Gasteiger partial charge in [-0.05, 0) is 20.3 Å². The van der Waals surface area contributed by atoms with Gasteiger partial charge < -0.3 is 15.4 Å². The van der Waals surface area contributed by atoms with E-state index < -0.39 is 4.92 Å². The Labute approximate surface area is 117 Å². The third kappa shape index (κ3) is 2.96. The van der Waals surface area contributed by atoms with Crippen molar-refractivity contribution in [3.05, 3.63) is 15.8 Å². The number of hydrogen-bond acceptors (Lipinski definition) is 7. The number of nitrogens with zero attached hydrogens (tertiary/aromatic N) is 3. The summed E-state index contributed by atoms with van der Waals surface area (Å²) in [5.74, 6) is 0.958. The fourth-order valence-corrected chi connectivity index (χ4v) is 2.28. The SMILES string of the molecule is CNc1nc(C)c([N+](=O)[O-])c(NC(C)C2CCOC2)n1. The van der Waals surface area contributed by atoms with Gasteiger partial charge in [0.1, 0.15) is 5.69 Å². The normalized spacial score (nSPS) is 19.6. The van der Waals surface area contributed by atoms with Gasteiger partial charge in [-0.3, -0.25) is 10.1 Å². The second-order valence-corrected chi connectivity index (χ2v) is 4.89. The van der Waals surface area contributed by atoms with Crippen LogP contribution in [0.4, 0.5) is 17.5 Å². The molecule has 0 spiro atoms. The zero-order valence-electron chi connectivity index (χ0n) is 11.8. The van der Waals surface area contributed by atoms with Gasteiger partial charge in [0, 0.05) is 25.6 Å². The highest BCUT2D eigenvalue weighted by Crippen LogP contribution is 2.29. The average Bonchev–Trinajstić information content (AvgIpc) is 2.91. The molecule has 2 N–H and O–H groups in total. The first-order valence-electron chi connectivity index (χ1n) is 6.58. The van der Waals surface area contributed by atoms with Crippen LogP contribution in [0.15, 0.2) is 0 Å². The van der Waals surface area contributed by atoms with Crippen LogP contribution < -0.4 is 10.6 Å². The Morgan fingerprint density at radius 1 is 1.50 bits per heavy atom. The molecule has 2 rings (SSSR count). The van der Waals surface area contributed by atoms with E-state index in [1.165, 1.54) is 0 Å². The van der Waals surface area contributed by atoms with Gasteiger partial charge in [-0.25, -0.2) is 4.98 Å². The van der Waals surface area contributed by atoms with E-state index in [9.17, 15) is 10.1 Å². The van der Waals surface area contributed by atoms with E-state index in [-0.39, 0.29) is 17.5 Å².